The summed E-state index contributed by atoms with van der Waals surface area (Å²) in [5, 5.41) is 4.24. The van der Waals surface area contributed by atoms with Gasteiger partial charge in [0.05, 0.1) is 12.3 Å². The van der Waals surface area contributed by atoms with Crippen LogP contribution in [-0.4, -0.2) is 27.2 Å². The summed E-state index contributed by atoms with van der Waals surface area (Å²) < 4.78 is 6.50. The maximum atomic E-state index is 11.2. The molecule has 0 fully saturated rings. The van der Waals surface area contributed by atoms with Crippen molar-refractivity contribution in [3.63, 3.8) is 0 Å². The normalized spacial score (nSPS) is 11.2. The number of carbonyl (C=O) groups excluding carboxylic acids is 1. The van der Waals surface area contributed by atoms with Crippen molar-refractivity contribution in [1.29, 1.82) is 0 Å². The zero-order valence-corrected chi connectivity index (χ0v) is 9.75. The van der Waals surface area contributed by atoms with Crippen molar-refractivity contribution in [3.8, 4) is 0 Å². The van der Waals surface area contributed by atoms with Gasteiger partial charge < -0.3 is 4.74 Å². The number of aromatic nitrogens is 3. The lowest BCUT2D eigenvalue weighted by atomic mass is 10.3. The highest BCUT2D eigenvalue weighted by molar-refractivity contribution is 5.86. The van der Waals surface area contributed by atoms with Crippen LogP contribution in [0, 0.1) is 6.92 Å². The van der Waals surface area contributed by atoms with E-state index < -0.39 is 0 Å². The number of hydrogen-bond acceptors (Lipinski definition) is 4. The average Bonchev–Trinajstić information content (AvgIpc) is 2.67. The van der Waals surface area contributed by atoms with E-state index in [0.29, 0.717) is 12.4 Å². The first-order valence-electron chi connectivity index (χ1n) is 5.38. The molecule has 0 saturated heterocycles. The van der Waals surface area contributed by atoms with Gasteiger partial charge in [-0.15, -0.1) is 0 Å². The van der Waals surface area contributed by atoms with Crippen LogP contribution in [0.2, 0.25) is 0 Å². The second-order valence-corrected chi connectivity index (χ2v) is 3.47. The molecule has 2 aromatic heterocycles. The lowest BCUT2D eigenvalue weighted by Gasteiger charge is -1.98. The van der Waals surface area contributed by atoms with E-state index in [2.05, 4.69) is 10.1 Å². The van der Waals surface area contributed by atoms with Gasteiger partial charge in [0.15, 0.2) is 5.65 Å². The number of aryl methyl sites for hydroxylation is 1. The maximum absolute atomic E-state index is 11.2. The van der Waals surface area contributed by atoms with Crippen LogP contribution in [0.5, 0.6) is 0 Å². The van der Waals surface area contributed by atoms with Gasteiger partial charge >= 0.3 is 5.97 Å². The molecule has 0 aromatic carbocycles. The van der Waals surface area contributed by atoms with Crippen LogP contribution in [0.15, 0.2) is 24.3 Å². The number of carbonyl (C=O) groups is 1. The largest absolute Gasteiger partial charge is 0.463 e. The van der Waals surface area contributed by atoms with Crippen LogP contribution in [0.4, 0.5) is 0 Å². The second kappa shape index (κ2) is 4.78. The number of pyridine rings is 1. The van der Waals surface area contributed by atoms with E-state index in [1.807, 2.05) is 25.1 Å². The fourth-order valence-electron chi connectivity index (χ4n) is 1.50. The van der Waals surface area contributed by atoms with Gasteiger partial charge in [0, 0.05) is 6.08 Å². The van der Waals surface area contributed by atoms with Crippen molar-refractivity contribution in [1.82, 2.24) is 14.6 Å². The minimum atomic E-state index is -0.360. The van der Waals surface area contributed by atoms with Gasteiger partial charge in [0.1, 0.15) is 5.82 Å². The molecular weight excluding hydrogens is 218 g/mol. The molecule has 0 aliphatic heterocycles. The summed E-state index contributed by atoms with van der Waals surface area (Å²) in [4.78, 5) is 15.4. The molecule has 0 aliphatic carbocycles. The van der Waals surface area contributed by atoms with Crippen LogP contribution in [-0.2, 0) is 9.53 Å². The molecule has 0 amide bonds. The summed E-state index contributed by atoms with van der Waals surface area (Å²) in [6.45, 7) is 3.97. The van der Waals surface area contributed by atoms with E-state index in [4.69, 9.17) is 4.74 Å². The third kappa shape index (κ3) is 2.50. The third-order valence-electron chi connectivity index (χ3n) is 2.17. The Morgan fingerprint density at radius 3 is 3.12 bits per heavy atom. The first-order chi connectivity index (χ1) is 8.20. The monoisotopic (exact) mass is 231 g/mol. The highest BCUT2D eigenvalue weighted by Gasteiger charge is 2.02. The van der Waals surface area contributed by atoms with Gasteiger partial charge in [-0.25, -0.2) is 14.3 Å². The molecule has 5 nitrogen and oxygen atoms in total. The molecule has 0 spiro atoms. The van der Waals surface area contributed by atoms with Crippen LogP contribution in [0.25, 0.3) is 11.7 Å². The van der Waals surface area contributed by atoms with E-state index in [1.165, 1.54) is 6.08 Å². The van der Waals surface area contributed by atoms with Crippen molar-refractivity contribution in [2.75, 3.05) is 6.61 Å². The highest BCUT2D eigenvalue weighted by Crippen LogP contribution is 2.07. The molecule has 5 heteroatoms. The van der Waals surface area contributed by atoms with Gasteiger partial charge in [0.25, 0.3) is 0 Å². The molecule has 2 heterocycles. The maximum Gasteiger partial charge on any atom is 0.330 e. The highest BCUT2D eigenvalue weighted by atomic mass is 16.5. The average molecular weight is 231 g/mol. The van der Waals surface area contributed by atoms with E-state index in [0.717, 1.165) is 11.3 Å². The Morgan fingerprint density at radius 2 is 2.35 bits per heavy atom. The molecule has 0 saturated carbocycles. The zero-order valence-electron chi connectivity index (χ0n) is 9.75. The minimum Gasteiger partial charge on any atom is -0.463 e. The van der Waals surface area contributed by atoms with E-state index in [9.17, 15) is 4.79 Å². The van der Waals surface area contributed by atoms with Crippen molar-refractivity contribution < 1.29 is 9.53 Å². The number of fused-ring (bicyclic) bond motifs is 1. The molecule has 0 N–H and O–H groups in total. The zero-order chi connectivity index (χ0) is 12.3. The van der Waals surface area contributed by atoms with Crippen LogP contribution in [0.3, 0.4) is 0 Å². The number of rotatable bonds is 3. The number of esters is 1. The predicted octanol–water partition coefficient (Wildman–Crippen LogP) is 1.61. The fourth-order valence-corrected chi connectivity index (χ4v) is 1.50. The SMILES string of the molecule is CCOC(=O)/C=C\c1cccc2nc(C)nn12. The molecule has 0 unspecified atom stereocenters. The molecule has 17 heavy (non-hydrogen) atoms. The summed E-state index contributed by atoms with van der Waals surface area (Å²) in [7, 11) is 0. The summed E-state index contributed by atoms with van der Waals surface area (Å²) in [6, 6.07) is 5.59. The summed E-state index contributed by atoms with van der Waals surface area (Å²) in [5.41, 5.74) is 1.55. The first kappa shape index (κ1) is 11.3. The number of nitrogens with zero attached hydrogens (tertiary/aromatic N) is 3. The second-order valence-electron chi connectivity index (χ2n) is 3.47. The van der Waals surface area contributed by atoms with Crippen LogP contribution in [0.1, 0.15) is 18.4 Å². The lowest BCUT2D eigenvalue weighted by molar-refractivity contribution is -0.137. The Balaban J connectivity index is 2.32. The summed E-state index contributed by atoms with van der Waals surface area (Å²) in [5.74, 6) is 0.336. The Labute approximate surface area is 98.7 Å². The van der Waals surface area contributed by atoms with Crippen molar-refractivity contribution >= 4 is 17.7 Å². The Morgan fingerprint density at radius 1 is 1.53 bits per heavy atom. The van der Waals surface area contributed by atoms with Crippen LogP contribution < -0.4 is 0 Å². The molecule has 2 rings (SSSR count). The number of hydrogen-bond donors (Lipinski definition) is 0. The van der Waals surface area contributed by atoms with Gasteiger partial charge in [-0.1, -0.05) is 6.07 Å². The minimum absolute atomic E-state index is 0.360. The van der Waals surface area contributed by atoms with E-state index in [-0.39, 0.29) is 5.97 Å². The van der Waals surface area contributed by atoms with Crippen molar-refractivity contribution in [2.45, 2.75) is 13.8 Å². The molecule has 0 bridgehead atoms. The standard InChI is InChI=1S/C12H13N3O2/c1-3-17-12(16)8-7-10-5-4-6-11-13-9(2)14-15(10)11/h4-8H,3H2,1-2H3/b8-7-. The fraction of sp³-hybridized carbons (Fsp3) is 0.250. The van der Waals surface area contributed by atoms with Crippen LogP contribution >= 0.6 is 0 Å². The number of ether oxygens (including phenoxy) is 1. The van der Waals surface area contributed by atoms with Gasteiger partial charge in [-0.05, 0) is 32.1 Å². The smallest absolute Gasteiger partial charge is 0.330 e. The van der Waals surface area contributed by atoms with E-state index in [1.54, 1.807) is 17.5 Å². The van der Waals surface area contributed by atoms with Gasteiger partial charge in [-0.2, -0.15) is 5.10 Å². The first-order valence-corrected chi connectivity index (χ1v) is 5.38. The Kier molecular flexibility index (Phi) is 3.18. The molecule has 88 valence electrons. The topological polar surface area (TPSA) is 56.5 Å². The Bertz CT molecular complexity index is 572. The van der Waals surface area contributed by atoms with Crippen molar-refractivity contribution in [2.24, 2.45) is 0 Å². The van der Waals surface area contributed by atoms with Gasteiger partial charge in [-0.3, -0.25) is 0 Å². The van der Waals surface area contributed by atoms with E-state index >= 15 is 0 Å². The quantitative estimate of drug-likeness (QED) is 0.595. The summed E-state index contributed by atoms with van der Waals surface area (Å²) in [6.07, 6.45) is 3.05. The van der Waals surface area contributed by atoms with Crippen molar-refractivity contribution in [3.05, 3.63) is 35.8 Å². The molecule has 2 aromatic rings. The lowest BCUT2D eigenvalue weighted by Crippen LogP contribution is -1.99. The Hall–Kier alpha value is -2.17. The predicted molar refractivity (Wildman–Crippen MR) is 63.4 cm³/mol. The molecule has 0 aliphatic rings. The molecule has 0 atom stereocenters. The third-order valence-corrected chi connectivity index (χ3v) is 2.17. The molecule has 0 radical (unpaired) electrons. The summed E-state index contributed by atoms with van der Waals surface area (Å²) >= 11 is 0. The molecular formula is C12H13N3O2. The van der Waals surface area contributed by atoms with Gasteiger partial charge in [0.2, 0.25) is 0 Å².